The van der Waals surface area contributed by atoms with Crippen molar-refractivity contribution in [1.82, 2.24) is 9.78 Å². The fourth-order valence-electron chi connectivity index (χ4n) is 3.49. The normalized spacial score (nSPS) is 11.2. The van der Waals surface area contributed by atoms with E-state index in [-0.39, 0.29) is 39.8 Å². The fourth-order valence-corrected chi connectivity index (χ4v) is 3.49. The predicted octanol–water partition coefficient (Wildman–Crippen LogP) is 4.36. The van der Waals surface area contributed by atoms with Gasteiger partial charge in [0.1, 0.15) is 0 Å². The van der Waals surface area contributed by atoms with Crippen LogP contribution in [0.25, 0.3) is 5.69 Å². The maximum atomic E-state index is 13.1. The highest BCUT2D eigenvalue weighted by molar-refractivity contribution is 6.47. The second kappa shape index (κ2) is 9.46. The van der Waals surface area contributed by atoms with Crippen molar-refractivity contribution in [2.75, 3.05) is 26.6 Å². The average molecular weight is 477 g/mol. The van der Waals surface area contributed by atoms with Crippen LogP contribution in [0.15, 0.2) is 36.4 Å². The summed E-state index contributed by atoms with van der Waals surface area (Å²) in [7, 11) is 4.24. The SMILES string of the molecule is COc1cc(NC(=O)C(=O)c2c(C)nn(-c3cccc(C(F)(F)F)c3)c2C)cc(OC)c1OC. The minimum atomic E-state index is -4.54. The van der Waals surface area contributed by atoms with E-state index in [0.29, 0.717) is 5.75 Å². The maximum absolute atomic E-state index is 13.1. The maximum Gasteiger partial charge on any atom is 0.416 e. The van der Waals surface area contributed by atoms with Gasteiger partial charge in [-0.3, -0.25) is 9.59 Å². The summed E-state index contributed by atoms with van der Waals surface area (Å²) in [4.78, 5) is 25.7. The van der Waals surface area contributed by atoms with Crippen molar-refractivity contribution >= 4 is 17.4 Å². The van der Waals surface area contributed by atoms with Crippen molar-refractivity contribution in [3.05, 3.63) is 58.9 Å². The van der Waals surface area contributed by atoms with Crippen molar-refractivity contribution < 1.29 is 37.0 Å². The Balaban J connectivity index is 1.93. The monoisotopic (exact) mass is 477 g/mol. The van der Waals surface area contributed by atoms with Crippen LogP contribution in [0.5, 0.6) is 17.2 Å². The summed E-state index contributed by atoms with van der Waals surface area (Å²) >= 11 is 0. The molecule has 0 aliphatic carbocycles. The van der Waals surface area contributed by atoms with Gasteiger partial charge in [0.05, 0.1) is 49.5 Å². The summed E-state index contributed by atoms with van der Waals surface area (Å²) in [5.41, 5.74) is -0.123. The van der Waals surface area contributed by atoms with E-state index in [4.69, 9.17) is 14.2 Å². The minimum absolute atomic E-state index is 0.0117. The number of aryl methyl sites for hydroxylation is 1. The van der Waals surface area contributed by atoms with Crippen LogP contribution in [0.2, 0.25) is 0 Å². The molecule has 34 heavy (non-hydrogen) atoms. The van der Waals surface area contributed by atoms with Gasteiger partial charge in [-0.05, 0) is 32.0 Å². The summed E-state index contributed by atoms with van der Waals surface area (Å²) in [5.74, 6) is -1.02. The zero-order chi connectivity index (χ0) is 25.2. The number of nitrogens with zero attached hydrogens (tertiary/aromatic N) is 2. The van der Waals surface area contributed by atoms with Crippen LogP contribution >= 0.6 is 0 Å². The van der Waals surface area contributed by atoms with Crippen LogP contribution in [-0.2, 0) is 11.0 Å². The Morgan fingerprint density at radius 3 is 2.12 bits per heavy atom. The molecular weight excluding hydrogens is 455 g/mol. The molecule has 0 atom stereocenters. The number of carbonyl (C=O) groups is 2. The van der Waals surface area contributed by atoms with Gasteiger partial charge in [0.25, 0.3) is 11.7 Å². The fraction of sp³-hybridized carbons (Fsp3) is 0.261. The molecule has 0 spiro atoms. The first kappa shape index (κ1) is 24.6. The number of benzene rings is 2. The number of amides is 1. The van der Waals surface area contributed by atoms with Crippen LogP contribution < -0.4 is 19.5 Å². The van der Waals surface area contributed by atoms with Crippen molar-refractivity contribution in [3.8, 4) is 22.9 Å². The molecule has 1 aromatic heterocycles. The van der Waals surface area contributed by atoms with E-state index in [1.807, 2.05) is 0 Å². The minimum Gasteiger partial charge on any atom is -0.493 e. The average Bonchev–Trinajstić information content (AvgIpc) is 3.10. The third kappa shape index (κ3) is 4.68. The number of hydrogen-bond acceptors (Lipinski definition) is 6. The number of nitrogens with one attached hydrogen (secondary N) is 1. The van der Waals surface area contributed by atoms with Crippen LogP contribution in [-0.4, -0.2) is 42.8 Å². The third-order valence-corrected chi connectivity index (χ3v) is 5.07. The lowest BCUT2D eigenvalue weighted by Crippen LogP contribution is -2.24. The Labute approximate surface area is 193 Å². The summed E-state index contributed by atoms with van der Waals surface area (Å²) < 4.78 is 56.2. The number of alkyl halides is 3. The summed E-state index contributed by atoms with van der Waals surface area (Å²) in [6, 6.07) is 7.44. The molecule has 0 saturated heterocycles. The summed E-state index contributed by atoms with van der Waals surface area (Å²) in [6.07, 6.45) is -4.54. The van der Waals surface area contributed by atoms with E-state index in [9.17, 15) is 22.8 Å². The Kier molecular flexibility index (Phi) is 6.85. The molecule has 1 N–H and O–H groups in total. The van der Waals surface area contributed by atoms with E-state index >= 15 is 0 Å². The highest BCUT2D eigenvalue weighted by Gasteiger charge is 2.31. The first-order valence-electron chi connectivity index (χ1n) is 9.91. The van der Waals surface area contributed by atoms with Gasteiger partial charge in [-0.25, -0.2) is 4.68 Å². The number of methoxy groups -OCH3 is 3. The van der Waals surface area contributed by atoms with Crippen molar-refractivity contribution in [2.24, 2.45) is 0 Å². The van der Waals surface area contributed by atoms with Gasteiger partial charge < -0.3 is 19.5 Å². The highest BCUT2D eigenvalue weighted by atomic mass is 19.4. The molecule has 2 aromatic carbocycles. The highest BCUT2D eigenvalue weighted by Crippen LogP contribution is 2.40. The molecule has 0 saturated carbocycles. The molecule has 0 aliphatic rings. The van der Waals surface area contributed by atoms with Gasteiger partial charge in [0.15, 0.2) is 11.5 Å². The van der Waals surface area contributed by atoms with E-state index in [1.54, 1.807) is 0 Å². The molecule has 11 heteroatoms. The summed E-state index contributed by atoms with van der Waals surface area (Å²) in [6.45, 7) is 3.00. The van der Waals surface area contributed by atoms with Crippen molar-refractivity contribution in [2.45, 2.75) is 20.0 Å². The first-order valence-corrected chi connectivity index (χ1v) is 9.91. The van der Waals surface area contributed by atoms with Crippen molar-refractivity contribution in [1.29, 1.82) is 0 Å². The Morgan fingerprint density at radius 1 is 0.971 bits per heavy atom. The molecule has 3 rings (SSSR count). The number of Topliss-reactive ketones (excluding diaryl/α,β-unsaturated/α-hetero) is 1. The van der Waals surface area contributed by atoms with Gasteiger partial charge in [-0.2, -0.15) is 18.3 Å². The van der Waals surface area contributed by atoms with Crippen LogP contribution in [0, 0.1) is 13.8 Å². The molecule has 0 fully saturated rings. The second-order valence-electron chi connectivity index (χ2n) is 7.20. The molecule has 180 valence electrons. The number of anilines is 1. The Hall–Kier alpha value is -4.02. The number of ether oxygens (including phenoxy) is 3. The molecule has 8 nitrogen and oxygen atoms in total. The second-order valence-corrected chi connectivity index (χ2v) is 7.20. The van der Waals surface area contributed by atoms with Gasteiger partial charge in [-0.1, -0.05) is 6.07 Å². The molecule has 0 aliphatic heterocycles. The van der Waals surface area contributed by atoms with Gasteiger partial charge in [0.2, 0.25) is 5.75 Å². The number of halogens is 3. The zero-order valence-corrected chi connectivity index (χ0v) is 19.0. The molecule has 0 bridgehead atoms. The third-order valence-electron chi connectivity index (χ3n) is 5.07. The summed E-state index contributed by atoms with van der Waals surface area (Å²) in [5, 5.41) is 6.67. The predicted molar refractivity (Wildman–Crippen MR) is 117 cm³/mol. The lowest BCUT2D eigenvalue weighted by molar-refractivity contribution is -0.137. The van der Waals surface area contributed by atoms with E-state index < -0.39 is 23.4 Å². The number of carbonyl (C=O) groups excluding carboxylic acids is 2. The topological polar surface area (TPSA) is 91.7 Å². The number of ketones is 1. The van der Waals surface area contributed by atoms with E-state index in [2.05, 4.69) is 10.4 Å². The lowest BCUT2D eigenvalue weighted by atomic mass is 10.1. The molecule has 0 radical (unpaired) electrons. The quantitative estimate of drug-likeness (QED) is 0.402. The first-order chi connectivity index (χ1) is 16.0. The van der Waals surface area contributed by atoms with Crippen LogP contribution in [0.1, 0.15) is 27.3 Å². The number of rotatable bonds is 7. The standard InChI is InChI=1S/C23H22F3N3O5/c1-12-19(13(2)29(28-12)16-8-6-7-14(9-16)23(24,25)26)20(30)22(31)27-15-10-17(32-3)21(34-5)18(11-15)33-4/h6-11H,1-5H3,(H,27,31). The van der Waals surface area contributed by atoms with Gasteiger partial charge >= 0.3 is 6.18 Å². The Morgan fingerprint density at radius 2 is 1.59 bits per heavy atom. The van der Waals surface area contributed by atoms with E-state index in [0.717, 1.165) is 12.1 Å². The molecule has 3 aromatic rings. The van der Waals surface area contributed by atoms with Crippen molar-refractivity contribution in [3.63, 3.8) is 0 Å². The molecule has 1 amide bonds. The van der Waals surface area contributed by atoms with Crippen LogP contribution in [0.4, 0.5) is 18.9 Å². The lowest BCUT2D eigenvalue weighted by Gasteiger charge is -2.14. The molecular formula is C23H22F3N3O5. The Bertz CT molecular complexity index is 1230. The zero-order valence-electron chi connectivity index (χ0n) is 19.0. The largest absolute Gasteiger partial charge is 0.493 e. The molecule has 0 unspecified atom stereocenters. The number of aromatic nitrogens is 2. The van der Waals surface area contributed by atoms with Gasteiger partial charge in [0, 0.05) is 17.8 Å². The smallest absolute Gasteiger partial charge is 0.416 e. The number of hydrogen-bond donors (Lipinski definition) is 1. The molecule has 1 heterocycles. The van der Waals surface area contributed by atoms with Gasteiger partial charge in [-0.15, -0.1) is 0 Å². The van der Waals surface area contributed by atoms with E-state index in [1.165, 1.54) is 64.1 Å². The van der Waals surface area contributed by atoms with Crippen LogP contribution in [0.3, 0.4) is 0 Å².